The summed E-state index contributed by atoms with van der Waals surface area (Å²) in [6.07, 6.45) is 1.85. The highest BCUT2D eigenvalue weighted by molar-refractivity contribution is 6.23. The van der Waals surface area contributed by atoms with Gasteiger partial charge in [-0.1, -0.05) is 0 Å². The van der Waals surface area contributed by atoms with E-state index in [4.69, 9.17) is 4.74 Å². The molecular weight excluding hydrogens is 397 g/mol. The largest absolute Gasteiger partial charge is 0.371 e. The van der Waals surface area contributed by atoms with Gasteiger partial charge in [0.2, 0.25) is 11.8 Å². The Bertz CT molecular complexity index is 941. The van der Waals surface area contributed by atoms with E-state index in [1.54, 1.807) is 4.90 Å². The van der Waals surface area contributed by atoms with E-state index in [0.717, 1.165) is 11.0 Å². The van der Waals surface area contributed by atoms with E-state index < -0.39 is 35.5 Å². The molecular formula is C20H20FN3O6. The fourth-order valence-corrected chi connectivity index (χ4v) is 4.16. The third kappa shape index (κ3) is 3.47. The third-order valence-electron chi connectivity index (χ3n) is 5.69. The summed E-state index contributed by atoms with van der Waals surface area (Å²) in [5, 5.41) is 2.13. The number of aldehydes is 1. The molecule has 3 heterocycles. The Morgan fingerprint density at radius 2 is 1.73 bits per heavy atom. The van der Waals surface area contributed by atoms with Gasteiger partial charge in [-0.25, -0.2) is 4.39 Å². The van der Waals surface area contributed by atoms with Crippen molar-refractivity contribution in [2.75, 3.05) is 24.6 Å². The summed E-state index contributed by atoms with van der Waals surface area (Å²) < 4.78 is 20.2. The van der Waals surface area contributed by atoms with Crippen molar-refractivity contribution >= 4 is 35.6 Å². The van der Waals surface area contributed by atoms with Crippen LogP contribution in [-0.2, 0) is 19.1 Å². The molecule has 0 radical (unpaired) electrons. The first-order valence-electron chi connectivity index (χ1n) is 9.76. The Balaban J connectivity index is 1.55. The number of anilines is 1. The minimum atomic E-state index is -1.09. The fraction of sp³-hybridized carbons (Fsp3) is 0.450. The molecule has 30 heavy (non-hydrogen) atoms. The Labute approximate surface area is 171 Å². The number of nitrogens with zero attached hydrogens (tertiary/aromatic N) is 2. The van der Waals surface area contributed by atoms with Crippen LogP contribution in [0.3, 0.4) is 0 Å². The predicted octanol–water partition coefficient (Wildman–Crippen LogP) is 0.411. The van der Waals surface area contributed by atoms with Gasteiger partial charge in [0.25, 0.3) is 11.8 Å². The third-order valence-corrected chi connectivity index (χ3v) is 5.69. The van der Waals surface area contributed by atoms with Gasteiger partial charge in [-0.3, -0.25) is 29.4 Å². The van der Waals surface area contributed by atoms with Crippen LogP contribution in [0.15, 0.2) is 12.1 Å². The first-order chi connectivity index (χ1) is 14.4. The molecule has 1 unspecified atom stereocenters. The minimum Gasteiger partial charge on any atom is -0.371 e. The summed E-state index contributed by atoms with van der Waals surface area (Å²) in [4.78, 5) is 62.1. The monoisotopic (exact) mass is 417 g/mol. The molecule has 2 saturated heterocycles. The lowest BCUT2D eigenvalue weighted by Gasteiger charge is -2.33. The molecule has 158 valence electrons. The number of rotatable bonds is 5. The number of fused-ring (bicyclic) bond motifs is 1. The van der Waals surface area contributed by atoms with Gasteiger partial charge >= 0.3 is 0 Å². The number of hydrogen-bond donors (Lipinski definition) is 1. The quantitative estimate of drug-likeness (QED) is 0.545. The Morgan fingerprint density at radius 1 is 1.07 bits per heavy atom. The summed E-state index contributed by atoms with van der Waals surface area (Å²) >= 11 is 0. The lowest BCUT2D eigenvalue weighted by molar-refractivity contribution is -0.136. The van der Waals surface area contributed by atoms with E-state index in [2.05, 4.69) is 5.32 Å². The lowest BCUT2D eigenvalue weighted by atomic mass is 10.0. The summed E-state index contributed by atoms with van der Waals surface area (Å²) in [6, 6.07) is 1.29. The van der Waals surface area contributed by atoms with Crippen LogP contribution in [0.5, 0.6) is 0 Å². The van der Waals surface area contributed by atoms with Gasteiger partial charge in [0.15, 0.2) is 0 Å². The van der Waals surface area contributed by atoms with Gasteiger partial charge in [-0.2, -0.15) is 0 Å². The lowest BCUT2D eigenvalue weighted by Crippen LogP contribution is -2.54. The standard InChI is InChI=1S/C20H20FN3O6/c21-14-9-12-13(10-16(14)23-5-3-11(4-6-23)30-8-7-25)20(29)24(19(12)28)15-1-2-17(26)22-18(15)27/h7,9-11,15H,1-6,8H2,(H,22,26,27). The summed E-state index contributed by atoms with van der Waals surface area (Å²) in [6.45, 7) is 0.959. The Morgan fingerprint density at radius 3 is 2.37 bits per heavy atom. The molecule has 0 aliphatic carbocycles. The summed E-state index contributed by atoms with van der Waals surface area (Å²) in [7, 11) is 0. The van der Waals surface area contributed by atoms with Gasteiger partial charge in [0.05, 0.1) is 22.9 Å². The number of carbonyl (C=O) groups excluding carboxylic acids is 5. The molecule has 2 fully saturated rings. The van der Waals surface area contributed by atoms with Gasteiger partial charge in [-0.15, -0.1) is 0 Å². The van der Waals surface area contributed by atoms with Crippen molar-refractivity contribution in [2.24, 2.45) is 0 Å². The fourth-order valence-electron chi connectivity index (χ4n) is 4.16. The molecule has 0 bridgehead atoms. The number of nitrogens with one attached hydrogen (secondary N) is 1. The molecule has 3 aliphatic rings. The highest BCUT2D eigenvalue weighted by Crippen LogP contribution is 2.33. The van der Waals surface area contributed by atoms with E-state index >= 15 is 0 Å². The molecule has 0 spiro atoms. The van der Waals surface area contributed by atoms with Crippen molar-refractivity contribution in [1.82, 2.24) is 10.2 Å². The van der Waals surface area contributed by atoms with Crippen LogP contribution in [-0.4, -0.2) is 66.7 Å². The van der Waals surface area contributed by atoms with E-state index in [9.17, 15) is 28.4 Å². The highest BCUT2D eigenvalue weighted by Gasteiger charge is 2.45. The summed E-state index contributed by atoms with van der Waals surface area (Å²) in [5.41, 5.74) is 0.157. The van der Waals surface area contributed by atoms with E-state index in [1.807, 2.05) is 0 Å². The van der Waals surface area contributed by atoms with Crippen molar-refractivity contribution in [3.8, 4) is 0 Å². The van der Waals surface area contributed by atoms with Crippen molar-refractivity contribution in [1.29, 1.82) is 0 Å². The number of imide groups is 2. The second kappa shape index (κ2) is 7.94. The van der Waals surface area contributed by atoms with Crippen molar-refractivity contribution < 1.29 is 33.1 Å². The normalized spacial score (nSPS) is 22.4. The van der Waals surface area contributed by atoms with Crippen LogP contribution in [0.2, 0.25) is 0 Å². The zero-order chi connectivity index (χ0) is 21.4. The molecule has 1 N–H and O–H groups in total. The zero-order valence-corrected chi connectivity index (χ0v) is 16.1. The molecule has 3 aliphatic heterocycles. The van der Waals surface area contributed by atoms with Crippen LogP contribution in [0.4, 0.5) is 10.1 Å². The van der Waals surface area contributed by atoms with E-state index in [-0.39, 0.29) is 42.4 Å². The minimum absolute atomic E-state index is 0.0184. The molecule has 1 atom stereocenters. The first kappa shape index (κ1) is 20.1. The maximum atomic E-state index is 14.8. The zero-order valence-electron chi connectivity index (χ0n) is 16.1. The van der Waals surface area contributed by atoms with E-state index in [0.29, 0.717) is 32.2 Å². The van der Waals surface area contributed by atoms with Crippen molar-refractivity contribution in [3.05, 3.63) is 29.1 Å². The number of halogens is 1. The van der Waals surface area contributed by atoms with Crippen LogP contribution in [0.25, 0.3) is 0 Å². The van der Waals surface area contributed by atoms with Crippen molar-refractivity contribution in [2.45, 2.75) is 37.8 Å². The molecule has 0 aromatic heterocycles. The van der Waals surface area contributed by atoms with Crippen LogP contribution < -0.4 is 10.2 Å². The predicted molar refractivity (Wildman–Crippen MR) is 100 cm³/mol. The maximum Gasteiger partial charge on any atom is 0.262 e. The molecule has 10 heteroatoms. The number of benzene rings is 1. The molecule has 4 rings (SSSR count). The van der Waals surface area contributed by atoms with Gasteiger partial charge in [0, 0.05) is 19.5 Å². The smallest absolute Gasteiger partial charge is 0.262 e. The average Bonchev–Trinajstić information content (AvgIpc) is 2.96. The first-order valence-corrected chi connectivity index (χ1v) is 9.76. The van der Waals surface area contributed by atoms with Crippen LogP contribution in [0, 0.1) is 5.82 Å². The van der Waals surface area contributed by atoms with Gasteiger partial charge < -0.3 is 14.4 Å². The van der Waals surface area contributed by atoms with Gasteiger partial charge in [0.1, 0.15) is 24.8 Å². The molecule has 1 aromatic carbocycles. The number of amides is 4. The second-order valence-electron chi connectivity index (χ2n) is 7.48. The van der Waals surface area contributed by atoms with Crippen LogP contribution >= 0.6 is 0 Å². The SMILES string of the molecule is O=CCOC1CCN(c2cc3c(cc2F)C(=O)N(C2CCC(=O)NC2=O)C3=O)CC1. The number of ether oxygens (including phenoxy) is 1. The number of piperidine rings is 2. The Kier molecular flexibility index (Phi) is 5.33. The number of hydrogen-bond acceptors (Lipinski definition) is 7. The Hall–Kier alpha value is -3.14. The molecule has 1 aromatic rings. The van der Waals surface area contributed by atoms with Gasteiger partial charge in [-0.05, 0) is 31.4 Å². The highest BCUT2D eigenvalue weighted by atomic mass is 19.1. The van der Waals surface area contributed by atoms with E-state index in [1.165, 1.54) is 6.07 Å². The molecule has 0 saturated carbocycles. The van der Waals surface area contributed by atoms with Crippen molar-refractivity contribution in [3.63, 3.8) is 0 Å². The number of carbonyl (C=O) groups is 5. The van der Waals surface area contributed by atoms with Crippen LogP contribution in [0.1, 0.15) is 46.4 Å². The topological polar surface area (TPSA) is 113 Å². The average molecular weight is 417 g/mol. The molecule has 4 amide bonds. The summed E-state index contributed by atoms with van der Waals surface area (Å²) in [5.74, 6) is -3.21. The maximum absolute atomic E-state index is 14.8. The molecule has 9 nitrogen and oxygen atoms in total. The second-order valence-corrected chi connectivity index (χ2v) is 7.48.